The monoisotopic (exact) mass is 424 g/mol. The predicted octanol–water partition coefficient (Wildman–Crippen LogP) is 3.45. The van der Waals surface area contributed by atoms with Crippen molar-refractivity contribution in [2.45, 2.75) is 45.2 Å². The van der Waals surface area contributed by atoms with Crippen molar-refractivity contribution in [3.63, 3.8) is 0 Å². The minimum absolute atomic E-state index is 0.131. The van der Waals surface area contributed by atoms with Crippen LogP contribution in [0.15, 0.2) is 29.4 Å². The third-order valence-electron chi connectivity index (χ3n) is 5.85. The molecule has 2 aromatic heterocycles. The highest BCUT2D eigenvalue weighted by atomic mass is 32.2. The zero-order valence-electron chi connectivity index (χ0n) is 17.7. The molecule has 1 amide bonds. The first kappa shape index (κ1) is 20.7. The average Bonchev–Trinajstić information content (AvgIpc) is 3.13. The summed E-state index contributed by atoms with van der Waals surface area (Å²) in [5.41, 5.74) is 3.77. The number of likely N-dealkylation sites (tertiary alicyclic amines) is 1. The summed E-state index contributed by atoms with van der Waals surface area (Å²) in [5, 5.41) is 17.3. The van der Waals surface area contributed by atoms with Gasteiger partial charge in [0, 0.05) is 24.5 Å². The topological polar surface area (TPSA) is 90.7 Å². The van der Waals surface area contributed by atoms with Crippen LogP contribution in [-0.2, 0) is 11.2 Å². The summed E-state index contributed by atoms with van der Waals surface area (Å²) < 4.78 is 1.82. The SMILES string of the molecule is CCc1ccc(-n2c(SCC(=O)N3CCC(C)CC3)nc3n[nH]c(C)c3c2=N)cc1. The molecular formula is C22H28N6OS. The number of hydrogen-bond donors (Lipinski definition) is 2. The summed E-state index contributed by atoms with van der Waals surface area (Å²) >= 11 is 1.38. The predicted molar refractivity (Wildman–Crippen MR) is 119 cm³/mol. The summed E-state index contributed by atoms with van der Waals surface area (Å²) in [7, 11) is 0. The van der Waals surface area contributed by atoms with Crippen molar-refractivity contribution in [2.75, 3.05) is 18.8 Å². The molecule has 1 aromatic carbocycles. The molecule has 8 heteroatoms. The Bertz CT molecular complexity index is 1110. The van der Waals surface area contributed by atoms with Crippen LogP contribution in [0.3, 0.4) is 0 Å². The Balaban J connectivity index is 1.67. The van der Waals surface area contributed by atoms with Gasteiger partial charge in [0.25, 0.3) is 0 Å². The van der Waals surface area contributed by atoms with E-state index in [4.69, 9.17) is 10.4 Å². The Labute approximate surface area is 180 Å². The van der Waals surface area contributed by atoms with Gasteiger partial charge in [0.1, 0.15) is 5.49 Å². The second-order valence-corrected chi connectivity index (χ2v) is 8.94. The molecule has 0 saturated carbocycles. The van der Waals surface area contributed by atoms with Gasteiger partial charge in [-0.3, -0.25) is 19.9 Å². The van der Waals surface area contributed by atoms with Crippen LogP contribution in [0, 0.1) is 18.3 Å². The molecule has 1 aliphatic heterocycles. The molecule has 1 saturated heterocycles. The number of carbonyl (C=O) groups excluding carboxylic acids is 1. The lowest BCUT2D eigenvalue weighted by atomic mass is 9.99. The summed E-state index contributed by atoms with van der Waals surface area (Å²) in [4.78, 5) is 19.4. The van der Waals surface area contributed by atoms with E-state index < -0.39 is 0 Å². The number of aryl methyl sites for hydroxylation is 2. The van der Waals surface area contributed by atoms with Gasteiger partial charge in [0.15, 0.2) is 10.8 Å². The first-order valence-electron chi connectivity index (χ1n) is 10.5. The van der Waals surface area contributed by atoms with Crippen molar-refractivity contribution >= 4 is 28.7 Å². The fourth-order valence-corrected chi connectivity index (χ4v) is 4.73. The number of benzene rings is 1. The van der Waals surface area contributed by atoms with Crippen LogP contribution >= 0.6 is 11.8 Å². The number of piperidine rings is 1. The largest absolute Gasteiger partial charge is 0.342 e. The van der Waals surface area contributed by atoms with Crippen molar-refractivity contribution in [1.29, 1.82) is 5.41 Å². The van der Waals surface area contributed by atoms with Crippen molar-refractivity contribution < 1.29 is 4.79 Å². The molecule has 0 radical (unpaired) electrons. The number of nitrogens with one attached hydrogen (secondary N) is 2. The van der Waals surface area contributed by atoms with E-state index in [0.29, 0.717) is 33.3 Å². The zero-order chi connectivity index (χ0) is 21.3. The van der Waals surface area contributed by atoms with E-state index in [2.05, 4.69) is 36.2 Å². The highest BCUT2D eigenvalue weighted by molar-refractivity contribution is 7.99. The van der Waals surface area contributed by atoms with Crippen LogP contribution in [0.25, 0.3) is 16.7 Å². The number of H-pyrrole nitrogens is 1. The lowest BCUT2D eigenvalue weighted by Crippen LogP contribution is -2.39. The molecular weight excluding hydrogens is 396 g/mol. The van der Waals surface area contributed by atoms with Crippen LogP contribution in [0.4, 0.5) is 0 Å². The maximum absolute atomic E-state index is 12.8. The van der Waals surface area contributed by atoms with Gasteiger partial charge in [-0.05, 0) is 49.8 Å². The molecule has 158 valence electrons. The van der Waals surface area contributed by atoms with Gasteiger partial charge in [0.2, 0.25) is 5.91 Å². The molecule has 3 aromatic rings. The number of carbonyl (C=O) groups is 1. The van der Waals surface area contributed by atoms with Crippen LogP contribution in [0.5, 0.6) is 0 Å². The van der Waals surface area contributed by atoms with Crippen LogP contribution in [-0.4, -0.2) is 49.4 Å². The number of aromatic nitrogens is 4. The molecule has 0 bridgehead atoms. The van der Waals surface area contributed by atoms with E-state index >= 15 is 0 Å². The van der Waals surface area contributed by atoms with Gasteiger partial charge < -0.3 is 4.90 Å². The lowest BCUT2D eigenvalue weighted by Gasteiger charge is -2.30. The van der Waals surface area contributed by atoms with Gasteiger partial charge >= 0.3 is 0 Å². The maximum atomic E-state index is 12.8. The molecule has 3 heterocycles. The molecule has 1 fully saturated rings. The highest BCUT2D eigenvalue weighted by Gasteiger charge is 2.22. The number of nitrogens with zero attached hydrogens (tertiary/aromatic N) is 4. The number of aromatic amines is 1. The summed E-state index contributed by atoms with van der Waals surface area (Å²) in [6, 6.07) is 8.17. The van der Waals surface area contributed by atoms with E-state index in [0.717, 1.165) is 43.7 Å². The van der Waals surface area contributed by atoms with Gasteiger partial charge in [-0.2, -0.15) is 5.10 Å². The minimum atomic E-state index is 0.131. The normalized spacial score (nSPS) is 15.1. The number of amides is 1. The van der Waals surface area contributed by atoms with E-state index in [-0.39, 0.29) is 5.91 Å². The Morgan fingerprint density at radius 1 is 1.27 bits per heavy atom. The standard InChI is InChI=1S/C22H28N6OS/c1-4-16-5-7-17(8-6-16)28-20(23)19-15(3)25-26-21(19)24-22(28)30-13-18(29)27-11-9-14(2)10-12-27/h5-8,14,23H,4,9-13H2,1-3H3,(H,25,26). The number of fused-ring (bicyclic) bond motifs is 1. The Hall–Kier alpha value is -2.61. The van der Waals surface area contributed by atoms with Crippen molar-refractivity contribution in [3.8, 4) is 5.69 Å². The summed E-state index contributed by atoms with van der Waals surface area (Å²) in [6.07, 6.45) is 3.09. The van der Waals surface area contributed by atoms with Crippen molar-refractivity contribution in [2.24, 2.45) is 5.92 Å². The smallest absolute Gasteiger partial charge is 0.233 e. The molecule has 4 rings (SSSR count). The van der Waals surface area contributed by atoms with E-state index in [1.807, 2.05) is 28.5 Å². The molecule has 0 aliphatic carbocycles. The molecule has 1 aliphatic rings. The molecule has 0 spiro atoms. The second-order valence-electron chi connectivity index (χ2n) is 8.00. The molecule has 7 nitrogen and oxygen atoms in total. The van der Waals surface area contributed by atoms with Crippen LogP contribution in [0.1, 0.15) is 37.9 Å². The average molecular weight is 425 g/mol. The quantitative estimate of drug-likeness (QED) is 0.485. The van der Waals surface area contributed by atoms with Crippen LogP contribution < -0.4 is 5.49 Å². The van der Waals surface area contributed by atoms with Crippen molar-refractivity contribution in [1.82, 2.24) is 24.6 Å². The zero-order valence-corrected chi connectivity index (χ0v) is 18.6. The van der Waals surface area contributed by atoms with Gasteiger partial charge in [-0.15, -0.1) is 0 Å². The molecule has 0 unspecified atom stereocenters. The molecule has 2 N–H and O–H groups in total. The van der Waals surface area contributed by atoms with Crippen molar-refractivity contribution in [3.05, 3.63) is 41.0 Å². The summed E-state index contributed by atoms with van der Waals surface area (Å²) in [5.74, 6) is 1.13. The Morgan fingerprint density at radius 3 is 2.63 bits per heavy atom. The fourth-order valence-electron chi connectivity index (χ4n) is 3.82. The minimum Gasteiger partial charge on any atom is -0.342 e. The first-order chi connectivity index (χ1) is 14.5. The maximum Gasteiger partial charge on any atom is 0.233 e. The fraction of sp³-hybridized carbons (Fsp3) is 0.455. The lowest BCUT2D eigenvalue weighted by molar-refractivity contribution is -0.129. The number of rotatable bonds is 5. The van der Waals surface area contributed by atoms with Crippen LogP contribution in [0.2, 0.25) is 0 Å². The third kappa shape index (κ3) is 4.01. The highest BCUT2D eigenvalue weighted by Crippen LogP contribution is 2.23. The Morgan fingerprint density at radius 2 is 1.97 bits per heavy atom. The second kappa shape index (κ2) is 8.63. The van der Waals surface area contributed by atoms with E-state index in [1.54, 1.807) is 0 Å². The number of thioether (sulfide) groups is 1. The Kier molecular flexibility index (Phi) is 5.94. The van der Waals surface area contributed by atoms with Gasteiger partial charge in [-0.25, -0.2) is 4.98 Å². The third-order valence-corrected chi connectivity index (χ3v) is 6.77. The van der Waals surface area contributed by atoms with Gasteiger partial charge in [0.05, 0.1) is 11.1 Å². The molecule has 0 atom stereocenters. The first-order valence-corrected chi connectivity index (χ1v) is 11.5. The van der Waals surface area contributed by atoms with E-state index in [9.17, 15) is 4.79 Å². The summed E-state index contributed by atoms with van der Waals surface area (Å²) in [6.45, 7) is 7.91. The number of hydrogen-bond acceptors (Lipinski definition) is 5. The molecule has 30 heavy (non-hydrogen) atoms. The van der Waals surface area contributed by atoms with E-state index in [1.165, 1.54) is 17.3 Å². The van der Waals surface area contributed by atoms with Gasteiger partial charge in [-0.1, -0.05) is 37.7 Å².